The molecule has 4 heteroatoms. The lowest BCUT2D eigenvalue weighted by Crippen LogP contribution is -2.05. The van der Waals surface area contributed by atoms with Gasteiger partial charge in [-0.2, -0.15) is 0 Å². The summed E-state index contributed by atoms with van der Waals surface area (Å²) in [7, 11) is 0. The zero-order valence-electron chi connectivity index (χ0n) is 10.2. The molecule has 0 N–H and O–H groups in total. The van der Waals surface area contributed by atoms with E-state index in [1.54, 1.807) is 18.2 Å². The molecule has 0 aliphatic carbocycles. The SMILES string of the molecule is Cc1cc(C(=O)Cc2cccc(F)c2Br)ccc1Br. The molecule has 0 saturated heterocycles. The predicted molar refractivity (Wildman–Crippen MR) is 81.0 cm³/mol. The topological polar surface area (TPSA) is 17.1 Å². The number of carbonyl (C=O) groups is 1. The fourth-order valence-electron chi connectivity index (χ4n) is 1.78. The molecule has 0 amide bonds. The molecule has 0 saturated carbocycles. The lowest BCUT2D eigenvalue weighted by Gasteiger charge is -2.06. The average molecular weight is 386 g/mol. The van der Waals surface area contributed by atoms with Gasteiger partial charge in [0.15, 0.2) is 5.78 Å². The second-order valence-electron chi connectivity index (χ2n) is 4.28. The van der Waals surface area contributed by atoms with Gasteiger partial charge in [0.2, 0.25) is 0 Å². The van der Waals surface area contributed by atoms with Gasteiger partial charge >= 0.3 is 0 Å². The summed E-state index contributed by atoms with van der Waals surface area (Å²) in [5.41, 5.74) is 2.30. The van der Waals surface area contributed by atoms with Crippen LogP contribution in [-0.4, -0.2) is 5.78 Å². The van der Waals surface area contributed by atoms with Crippen LogP contribution in [0.4, 0.5) is 4.39 Å². The summed E-state index contributed by atoms with van der Waals surface area (Å²) in [6, 6.07) is 10.2. The van der Waals surface area contributed by atoms with E-state index in [2.05, 4.69) is 31.9 Å². The van der Waals surface area contributed by atoms with Crippen molar-refractivity contribution in [2.75, 3.05) is 0 Å². The Morgan fingerprint density at radius 2 is 1.95 bits per heavy atom. The molecule has 0 heterocycles. The first-order valence-electron chi connectivity index (χ1n) is 5.71. The van der Waals surface area contributed by atoms with Gasteiger partial charge in [0.1, 0.15) is 5.82 Å². The first kappa shape index (κ1) is 14.4. The molecular weight excluding hydrogens is 375 g/mol. The third-order valence-corrected chi connectivity index (χ3v) is 4.64. The smallest absolute Gasteiger partial charge is 0.167 e. The highest BCUT2D eigenvalue weighted by atomic mass is 79.9. The van der Waals surface area contributed by atoms with Crippen LogP contribution >= 0.6 is 31.9 Å². The van der Waals surface area contributed by atoms with Gasteiger partial charge in [-0.25, -0.2) is 4.39 Å². The Labute approximate surface area is 128 Å². The van der Waals surface area contributed by atoms with Gasteiger partial charge in [0.05, 0.1) is 4.47 Å². The minimum absolute atomic E-state index is 0.0260. The van der Waals surface area contributed by atoms with Crippen LogP contribution in [-0.2, 0) is 6.42 Å². The largest absolute Gasteiger partial charge is 0.294 e. The Kier molecular flexibility index (Phi) is 4.53. The molecular formula is C15H11Br2FO. The quantitative estimate of drug-likeness (QED) is 0.673. The fraction of sp³-hybridized carbons (Fsp3) is 0.133. The number of halogens is 3. The summed E-state index contributed by atoms with van der Waals surface area (Å²) >= 11 is 6.57. The summed E-state index contributed by atoms with van der Waals surface area (Å²) in [6.45, 7) is 1.93. The van der Waals surface area contributed by atoms with Gasteiger partial charge in [0, 0.05) is 16.5 Å². The number of hydrogen-bond acceptors (Lipinski definition) is 1. The average Bonchev–Trinajstić information content (AvgIpc) is 2.38. The van der Waals surface area contributed by atoms with Gasteiger partial charge in [-0.1, -0.05) is 34.1 Å². The van der Waals surface area contributed by atoms with Crippen molar-refractivity contribution in [3.63, 3.8) is 0 Å². The normalized spacial score (nSPS) is 10.5. The third kappa shape index (κ3) is 3.31. The zero-order chi connectivity index (χ0) is 14.0. The van der Waals surface area contributed by atoms with Crippen LogP contribution in [0.15, 0.2) is 45.3 Å². The molecule has 0 fully saturated rings. The van der Waals surface area contributed by atoms with E-state index in [1.807, 2.05) is 19.1 Å². The van der Waals surface area contributed by atoms with Crippen LogP contribution < -0.4 is 0 Å². The van der Waals surface area contributed by atoms with Crippen molar-refractivity contribution in [3.05, 3.63) is 67.9 Å². The highest BCUT2D eigenvalue weighted by Gasteiger charge is 2.12. The summed E-state index contributed by atoms with van der Waals surface area (Å²) < 4.78 is 14.7. The fourth-order valence-corrected chi connectivity index (χ4v) is 2.43. The number of hydrogen-bond donors (Lipinski definition) is 0. The van der Waals surface area contributed by atoms with Crippen molar-refractivity contribution in [1.82, 2.24) is 0 Å². The van der Waals surface area contributed by atoms with Gasteiger partial charge in [-0.3, -0.25) is 4.79 Å². The molecule has 0 unspecified atom stereocenters. The molecule has 2 aromatic rings. The number of aryl methyl sites for hydroxylation is 1. The molecule has 0 aliphatic heterocycles. The van der Waals surface area contributed by atoms with E-state index in [9.17, 15) is 9.18 Å². The summed E-state index contributed by atoms with van der Waals surface area (Å²) in [4.78, 5) is 12.2. The second-order valence-corrected chi connectivity index (χ2v) is 5.92. The van der Waals surface area contributed by atoms with Crippen LogP contribution in [0.1, 0.15) is 21.5 Å². The number of Topliss-reactive ketones (excluding diaryl/α,β-unsaturated/α-hetero) is 1. The highest BCUT2D eigenvalue weighted by Crippen LogP contribution is 2.23. The van der Waals surface area contributed by atoms with Crippen LogP contribution in [0.25, 0.3) is 0 Å². The Bertz CT molecular complexity index is 638. The van der Waals surface area contributed by atoms with Gasteiger partial charge in [0.25, 0.3) is 0 Å². The van der Waals surface area contributed by atoms with Gasteiger partial charge in [-0.15, -0.1) is 0 Å². The van der Waals surface area contributed by atoms with E-state index in [4.69, 9.17) is 0 Å². The van der Waals surface area contributed by atoms with Crippen molar-refractivity contribution in [2.45, 2.75) is 13.3 Å². The maximum Gasteiger partial charge on any atom is 0.167 e. The molecule has 19 heavy (non-hydrogen) atoms. The number of benzene rings is 2. The van der Waals surface area contributed by atoms with E-state index >= 15 is 0 Å². The Morgan fingerprint density at radius 1 is 1.21 bits per heavy atom. The molecule has 1 nitrogen and oxygen atoms in total. The van der Waals surface area contributed by atoms with Crippen molar-refractivity contribution in [3.8, 4) is 0 Å². The third-order valence-electron chi connectivity index (χ3n) is 2.86. The predicted octanol–water partition coefficient (Wildman–Crippen LogP) is 5.08. The lowest BCUT2D eigenvalue weighted by molar-refractivity contribution is 0.0992. The molecule has 0 spiro atoms. The Morgan fingerprint density at radius 3 is 2.63 bits per heavy atom. The van der Waals surface area contributed by atoms with E-state index in [-0.39, 0.29) is 18.0 Å². The van der Waals surface area contributed by atoms with E-state index < -0.39 is 0 Å². The van der Waals surface area contributed by atoms with Gasteiger partial charge < -0.3 is 0 Å². The molecule has 0 bridgehead atoms. The molecule has 0 aromatic heterocycles. The first-order valence-corrected chi connectivity index (χ1v) is 7.30. The highest BCUT2D eigenvalue weighted by molar-refractivity contribution is 9.10. The van der Waals surface area contributed by atoms with Crippen LogP contribution in [0, 0.1) is 12.7 Å². The second kappa shape index (κ2) is 5.97. The van der Waals surface area contributed by atoms with Crippen molar-refractivity contribution in [1.29, 1.82) is 0 Å². The first-order chi connectivity index (χ1) is 8.99. The van der Waals surface area contributed by atoms with E-state index in [1.165, 1.54) is 6.07 Å². The van der Waals surface area contributed by atoms with Crippen LogP contribution in [0.2, 0.25) is 0 Å². The monoisotopic (exact) mass is 384 g/mol. The molecule has 0 radical (unpaired) electrons. The minimum atomic E-state index is -0.350. The van der Waals surface area contributed by atoms with Crippen LogP contribution in [0.5, 0.6) is 0 Å². The van der Waals surface area contributed by atoms with E-state index in [0.717, 1.165) is 10.0 Å². The van der Waals surface area contributed by atoms with Crippen molar-refractivity contribution in [2.24, 2.45) is 0 Å². The Balaban J connectivity index is 2.26. The molecule has 2 rings (SSSR count). The molecule has 0 atom stereocenters. The maximum absolute atomic E-state index is 13.4. The van der Waals surface area contributed by atoms with Gasteiger partial charge in [-0.05, 0) is 52.2 Å². The molecule has 98 valence electrons. The molecule has 0 aliphatic rings. The summed E-state index contributed by atoms with van der Waals surface area (Å²) in [6.07, 6.45) is 0.180. The summed E-state index contributed by atoms with van der Waals surface area (Å²) in [5, 5.41) is 0. The number of carbonyl (C=O) groups excluding carboxylic acids is 1. The summed E-state index contributed by atoms with van der Waals surface area (Å²) in [5.74, 6) is -0.376. The maximum atomic E-state index is 13.4. The standard InChI is InChI=1S/C15H11Br2FO/c1-9-7-10(5-6-12(9)16)14(19)8-11-3-2-4-13(18)15(11)17/h2-7H,8H2,1H3. The van der Waals surface area contributed by atoms with E-state index in [0.29, 0.717) is 15.6 Å². The van der Waals surface area contributed by atoms with Crippen molar-refractivity contribution < 1.29 is 9.18 Å². The Hall–Kier alpha value is -1.000. The zero-order valence-corrected chi connectivity index (χ0v) is 13.4. The minimum Gasteiger partial charge on any atom is -0.294 e. The lowest BCUT2D eigenvalue weighted by atomic mass is 10.0. The number of ketones is 1. The number of rotatable bonds is 3. The van der Waals surface area contributed by atoms with Crippen LogP contribution in [0.3, 0.4) is 0 Å². The van der Waals surface area contributed by atoms with Crippen molar-refractivity contribution >= 4 is 37.6 Å². The molecule has 2 aromatic carbocycles.